The molecule has 0 saturated heterocycles. The lowest BCUT2D eigenvalue weighted by Gasteiger charge is -2.07. The Morgan fingerprint density at radius 1 is 1.00 bits per heavy atom. The predicted molar refractivity (Wildman–Crippen MR) is 94.9 cm³/mol. The number of benzene rings is 2. The van der Waals surface area contributed by atoms with Crippen LogP contribution in [0.15, 0.2) is 67.0 Å². The second-order valence-corrected chi connectivity index (χ2v) is 5.94. The molecule has 1 heterocycles. The first kappa shape index (κ1) is 15.7. The Morgan fingerprint density at radius 2 is 1.74 bits per heavy atom. The van der Waals surface area contributed by atoms with E-state index >= 15 is 0 Å². The van der Waals surface area contributed by atoms with Crippen LogP contribution in [0, 0.1) is 0 Å². The van der Waals surface area contributed by atoms with Crippen molar-refractivity contribution in [3.8, 4) is 11.1 Å². The van der Waals surface area contributed by atoms with Crippen molar-refractivity contribution >= 4 is 35.0 Å². The number of hydrogen-bond acceptors (Lipinski definition) is 1. The number of amides is 1. The average molecular weight is 345 g/mol. The summed E-state index contributed by atoms with van der Waals surface area (Å²) >= 11 is 11.9. The van der Waals surface area contributed by atoms with Crippen molar-refractivity contribution in [1.29, 1.82) is 0 Å². The molecular formula is C18H14Cl2N2O. The van der Waals surface area contributed by atoms with E-state index in [1.165, 1.54) is 4.09 Å². The van der Waals surface area contributed by atoms with E-state index in [0.29, 0.717) is 5.02 Å². The van der Waals surface area contributed by atoms with E-state index in [1.54, 1.807) is 12.3 Å². The van der Waals surface area contributed by atoms with Crippen molar-refractivity contribution in [2.75, 3.05) is 5.32 Å². The number of halogens is 2. The number of nitrogens with one attached hydrogen (secondary N) is 1. The third kappa shape index (κ3) is 3.95. The molecule has 0 unspecified atom stereocenters. The van der Waals surface area contributed by atoms with Crippen LogP contribution in [0.4, 0.5) is 5.69 Å². The molecule has 116 valence electrons. The van der Waals surface area contributed by atoms with E-state index in [0.717, 1.165) is 22.4 Å². The summed E-state index contributed by atoms with van der Waals surface area (Å²) in [5, 5.41) is 3.47. The van der Waals surface area contributed by atoms with Crippen molar-refractivity contribution in [1.82, 2.24) is 4.09 Å². The first-order valence-corrected chi connectivity index (χ1v) is 7.81. The highest BCUT2D eigenvalue weighted by molar-refractivity contribution is 6.31. The summed E-state index contributed by atoms with van der Waals surface area (Å²) in [6.45, 7) is 0. The number of hydrogen-bond donors (Lipinski definition) is 1. The fourth-order valence-electron chi connectivity index (χ4n) is 2.31. The van der Waals surface area contributed by atoms with E-state index in [2.05, 4.69) is 5.32 Å². The molecule has 0 radical (unpaired) electrons. The molecule has 0 bridgehead atoms. The Balaban J connectivity index is 1.66. The summed E-state index contributed by atoms with van der Waals surface area (Å²) in [5.41, 5.74) is 3.62. The van der Waals surface area contributed by atoms with Crippen LogP contribution in [0.5, 0.6) is 0 Å². The van der Waals surface area contributed by atoms with Crippen LogP contribution in [0.25, 0.3) is 11.1 Å². The van der Waals surface area contributed by atoms with E-state index in [4.69, 9.17) is 23.4 Å². The molecule has 1 amide bonds. The second kappa shape index (κ2) is 6.90. The molecule has 1 N–H and O–H groups in total. The molecule has 23 heavy (non-hydrogen) atoms. The van der Waals surface area contributed by atoms with Gasteiger partial charge >= 0.3 is 0 Å². The van der Waals surface area contributed by atoms with E-state index in [9.17, 15) is 4.79 Å². The summed E-state index contributed by atoms with van der Waals surface area (Å²) < 4.78 is 1.48. The van der Waals surface area contributed by atoms with Gasteiger partial charge in [0.2, 0.25) is 5.91 Å². The normalized spacial score (nSPS) is 10.5. The van der Waals surface area contributed by atoms with Gasteiger partial charge < -0.3 is 5.32 Å². The molecule has 0 aliphatic carbocycles. The van der Waals surface area contributed by atoms with Crippen LogP contribution in [0.2, 0.25) is 5.02 Å². The van der Waals surface area contributed by atoms with Gasteiger partial charge in [-0.05, 0) is 35.4 Å². The van der Waals surface area contributed by atoms with Crippen LogP contribution in [-0.4, -0.2) is 9.99 Å². The lowest BCUT2D eigenvalue weighted by molar-refractivity contribution is -0.115. The molecule has 0 saturated carbocycles. The summed E-state index contributed by atoms with van der Waals surface area (Å²) in [6, 6.07) is 16.9. The van der Waals surface area contributed by atoms with E-state index < -0.39 is 0 Å². The lowest BCUT2D eigenvalue weighted by Crippen LogP contribution is -2.14. The number of rotatable bonds is 4. The van der Waals surface area contributed by atoms with Gasteiger partial charge in [0.25, 0.3) is 0 Å². The van der Waals surface area contributed by atoms with Gasteiger partial charge in [-0.2, -0.15) is 0 Å². The first-order valence-electron chi connectivity index (χ1n) is 7.10. The Labute approximate surface area is 144 Å². The fraction of sp³-hybridized carbons (Fsp3) is 0.0556. The van der Waals surface area contributed by atoms with Gasteiger partial charge in [0.05, 0.1) is 6.42 Å². The van der Waals surface area contributed by atoms with Crippen LogP contribution in [0.1, 0.15) is 5.56 Å². The maximum atomic E-state index is 12.1. The van der Waals surface area contributed by atoms with Gasteiger partial charge in [-0.3, -0.25) is 8.88 Å². The minimum atomic E-state index is -0.0993. The molecule has 0 aliphatic heterocycles. The highest BCUT2D eigenvalue weighted by Crippen LogP contribution is 2.22. The SMILES string of the molecule is O=C(Cc1ccccc1Cl)Nc1ccc(-c2ccn(Cl)c2)cc1. The molecule has 0 fully saturated rings. The monoisotopic (exact) mass is 344 g/mol. The quantitative estimate of drug-likeness (QED) is 0.710. The Kier molecular flexibility index (Phi) is 4.70. The minimum absolute atomic E-state index is 0.0993. The standard InChI is InChI=1S/C18H14Cl2N2O/c19-17-4-2-1-3-14(17)11-18(23)21-16-7-5-13(6-8-16)15-9-10-22(20)12-15/h1-10,12H,11H2,(H,21,23). The first-order chi connectivity index (χ1) is 11.1. The maximum absolute atomic E-state index is 12.1. The molecule has 2 aromatic carbocycles. The Bertz CT molecular complexity index is 825. The molecule has 3 nitrogen and oxygen atoms in total. The van der Waals surface area contributed by atoms with Crippen LogP contribution < -0.4 is 5.32 Å². The molecule has 3 rings (SSSR count). The molecule has 0 aliphatic rings. The largest absolute Gasteiger partial charge is 0.326 e. The van der Waals surface area contributed by atoms with Gasteiger partial charge in [-0.25, -0.2) is 0 Å². The van der Waals surface area contributed by atoms with Gasteiger partial charge in [-0.15, -0.1) is 0 Å². The second-order valence-electron chi connectivity index (χ2n) is 5.14. The maximum Gasteiger partial charge on any atom is 0.228 e. The lowest BCUT2D eigenvalue weighted by atomic mass is 10.1. The van der Waals surface area contributed by atoms with Crippen molar-refractivity contribution in [2.45, 2.75) is 6.42 Å². The number of anilines is 1. The zero-order valence-corrected chi connectivity index (χ0v) is 13.7. The van der Waals surface area contributed by atoms with Gasteiger partial charge in [0.1, 0.15) is 0 Å². The van der Waals surface area contributed by atoms with E-state index in [-0.39, 0.29) is 12.3 Å². The molecule has 0 atom stereocenters. The molecular weight excluding hydrogens is 331 g/mol. The number of aromatic nitrogens is 1. The van der Waals surface area contributed by atoms with Crippen molar-refractivity contribution in [2.24, 2.45) is 0 Å². The Morgan fingerprint density at radius 3 is 2.39 bits per heavy atom. The third-order valence-electron chi connectivity index (χ3n) is 3.47. The van der Waals surface area contributed by atoms with Gasteiger partial charge in [0.15, 0.2) is 0 Å². The summed E-state index contributed by atoms with van der Waals surface area (Å²) in [6.07, 6.45) is 3.85. The number of carbonyl (C=O) groups is 1. The zero-order valence-electron chi connectivity index (χ0n) is 12.2. The zero-order chi connectivity index (χ0) is 16.2. The van der Waals surface area contributed by atoms with Crippen LogP contribution in [0.3, 0.4) is 0 Å². The summed E-state index contributed by atoms with van der Waals surface area (Å²) in [5.74, 6) is -0.0993. The minimum Gasteiger partial charge on any atom is -0.326 e. The molecule has 1 aromatic heterocycles. The number of carbonyl (C=O) groups excluding carboxylic acids is 1. The van der Waals surface area contributed by atoms with Crippen molar-refractivity contribution < 1.29 is 4.79 Å². The van der Waals surface area contributed by atoms with E-state index in [1.807, 2.05) is 54.7 Å². The topological polar surface area (TPSA) is 34.0 Å². The molecule has 0 spiro atoms. The highest BCUT2D eigenvalue weighted by Gasteiger charge is 2.07. The van der Waals surface area contributed by atoms with Gasteiger partial charge in [0, 0.05) is 40.4 Å². The van der Waals surface area contributed by atoms with Gasteiger partial charge in [-0.1, -0.05) is 41.9 Å². The number of nitrogens with zero attached hydrogens (tertiary/aromatic N) is 1. The molecule has 3 aromatic rings. The fourth-order valence-corrected chi connectivity index (χ4v) is 2.67. The van der Waals surface area contributed by atoms with Crippen LogP contribution in [-0.2, 0) is 11.2 Å². The van der Waals surface area contributed by atoms with Crippen molar-refractivity contribution in [3.63, 3.8) is 0 Å². The predicted octanol–water partition coefficient (Wildman–Crippen LogP) is 4.99. The summed E-state index contributed by atoms with van der Waals surface area (Å²) in [4.78, 5) is 12.1. The summed E-state index contributed by atoms with van der Waals surface area (Å²) in [7, 11) is 0. The highest BCUT2D eigenvalue weighted by atomic mass is 35.5. The average Bonchev–Trinajstić information content (AvgIpc) is 2.97. The van der Waals surface area contributed by atoms with Crippen molar-refractivity contribution in [3.05, 3.63) is 77.6 Å². The third-order valence-corrected chi connectivity index (χ3v) is 4.05. The molecule has 5 heteroatoms. The van der Waals surface area contributed by atoms with Crippen LogP contribution >= 0.6 is 23.4 Å². The Hall–Kier alpha value is -2.23. The smallest absolute Gasteiger partial charge is 0.228 e.